The van der Waals surface area contributed by atoms with Crippen LogP contribution in [0.2, 0.25) is 0 Å². The number of carbonyl (C=O) groups excluding carboxylic acids is 1. The van der Waals surface area contributed by atoms with E-state index in [4.69, 9.17) is 9.47 Å². The lowest BCUT2D eigenvalue weighted by Crippen LogP contribution is -2.60. The van der Waals surface area contributed by atoms with Crippen LogP contribution in [0, 0.1) is 0 Å². The summed E-state index contributed by atoms with van der Waals surface area (Å²) in [4.78, 5) is 12.9. The molecule has 9 heteroatoms. The maximum Gasteiger partial charge on any atom is 0.220 e. The van der Waals surface area contributed by atoms with Crippen LogP contribution in [-0.4, -0.2) is 87.5 Å². The molecule has 9 nitrogen and oxygen atoms in total. The lowest BCUT2D eigenvalue weighted by atomic mass is 9.99. The van der Waals surface area contributed by atoms with Gasteiger partial charge < -0.3 is 40.3 Å². The second-order valence-electron chi connectivity index (χ2n) is 16.2. The number of rotatable bonds is 38. The molecular formula is C51H87NO8. The van der Waals surface area contributed by atoms with Crippen molar-refractivity contribution in [3.8, 4) is 0 Å². The van der Waals surface area contributed by atoms with Crippen molar-refractivity contribution in [2.24, 2.45) is 0 Å². The van der Waals surface area contributed by atoms with Crippen LogP contribution >= 0.6 is 0 Å². The van der Waals surface area contributed by atoms with Gasteiger partial charge in [-0.25, -0.2) is 0 Å². The Morgan fingerprint density at radius 2 is 1.03 bits per heavy atom. The summed E-state index contributed by atoms with van der Waals surface area (Å²) in [6, 6.07) is -0.728. The lowest BCUT2D eigenvalue weighted by molar-refractivity contribution is -0.302. The van der Waals surface area contributed by atoms with Crippen molar-refractivity contribution >= 4 is 5.91 Å². The van der Waals surface area contributed by atoms with E-state index in [1.54, 1.807) is 0 Å². The first-order chi connectivity index (χ1) is 29.3. The van der Waals surface area contributed by atoms with E-state index in [0.717, 1.165) is 96.3 Å². The average molecular weight is 842 g/mol. The summed E-state index contributed by atoms with van der Waals surface area (Å²) < 4.78 is 11.2. The SMILES string of the molecule is CC/C=C\C/C=C\C/C=C\C/C=C\C/C=C\C/C=C\C/C=C\CCCCCCCCCC(=O)NC(COC1OC(CO)C(O)C(O)C1O)C(O)CCCCCCCCCC. The summed E-state index contributed by atoms with van der Waals surface area (Å²) in [5, 5.41) is 54.1. The van der Waals surface area contributed by atoms with Crippen LogP contribution in [0.25, 0.3) is 0 Å². The summed E-state index contributed by atoms with van der Waals surface area (Å²) in [6.45, 7) is 3.65. The predicted octanol–water partition coefficient (Wildman–Crippen LogP) is 10.3. The van der Waals surface area contributed by atoms with Crippen LogP contribution in [0.15, 0.2) is 85.1 Å². The third-order valence-corrected chi connectivity index (χ3v) is 10.8. The molecule has 1 amide bonds. The number of hydrogen-bond acceptors (Lipinski definition) is 8. The highest BCUT2D eigenvalue weighted by molar-refractivity contribution is 5.76. The van der Waals surface area contributed by atoms with E-state index in [9.17, 15) is 30.3 Å². The van der Waals surface area contributed by atoms with E-state index < -0.39 is 49.5 Å². The summed E-state index contributed by atoms with van der Waals surface area (Å²) in [5.74, 6) is -0.164. The van der Waals surface area contributed by atoms with E-state index in [0.29, 0.717) is 12.8 Å². The molecule has 7 atom stereocenters. The van der Waals surface area contributed by atoms with Crippen LogP contribution in [0.1, 0.15) is 174 Å². The van der Waals surface area contributed by atoms with Crippen molar-refractivity contribution < 1.29 is 39.8 Å². The van der Waals surface area contributed by atoms with Gasteiger partial charge in [0.05, 0.1) is 25.4 Å². The molecule has 0 bridgehead atoms. The Morgan fingerprint density at radius 1 is 0.583 bits per heavy atom. The number of nitrogens with one attached hydrogen (secondary N) is 1. The molecule has 344 valence electrons. The van der Waals surface area contributed by atoms with Gasteiger partial charge in [0.1, 0.15) is 24.4 Å². The zero-order valence-electron chi connectivity index (χ0n) is 37.7. The predicted molar refractivity (Wildman–Crippen MR) is 248 cm³/mol. The fourth-order valence-corrected chi connectivity index (χ4v) is 6.96. The Morgan fingerprint density at radius 3 is 1.53 bits per heavy atom. The molecule has 0 aromatic carbocycles. The van der Waals surface area contributed by atoms with Crippen LogP contribution in [0.5, 0.6) is 0 Å². The topological polar surface area (TPSA) is 149 Å². The number of aliphatic hydroxyl groups excluding tert-OH is 5. The number of carbonyl (C=O) groups is 1. The van der Waals surface area contributed by atoms with Crippen molar-refractivity contribution in [3.05, 3.63) is 85.1 Å². The molecule has 1 aliphatic rings. The van der Waals surface area contributed by atoms with Gasteiger partial charge >= 0.3 is 0 Å². The van der Waals surface area contributed by atoms with Gasteiger partial charge in [0.15, 0.2) is 6.29 Å². The number of amides is 1. The zero-order chi connectivity index (χ0) is 43.7. The smallest absolute Gasteiger partial charge is 0.220 e. The van der Waals surface area contributed by atoms with Crippen molar-refractivity contribution in [2.75, 3.05) is 13.2 Å². The lowest BCUT2D eigenvalue weighted by Gasteiger charge is -2.40. The molecule has 6 N–H and O–H groups in total. The Balaban J connectivity index is 2.21. The normalized spacial score (nSPS) is 21.4. The molecule has 0 radical (unpaired) electrons. The first-order valence-electron chi connectivity index (χ1n) is 23.8. The van der Waals surface area contributed by atoms with Gasteiger partial charge in [-0.3, -0.25) is 4.79 Å². The fourth-order valence-electron chi connectivity index (χ4n) is 6.96. The van der Waals surface area contributed by atoms with Crippen LogP contribution in [0.3, 0.4) is 0 Å². The largest absolute Gasteiger partial charge is 0.394 e. The zero-order valence-corrected chi connectivity index (χ0v) is 37.7. The monoisotopic (exact) mass is 842 g/mol. The molecule has 0 aromatic rings. The molecule has 1 rings (SSSR count). The first kappa shape index (κ1) is 55.4. The van der Waals surface area contributed by atoms with Crippen molar-refractivity contribution in [1.29, 1.82) is 0 Å². The highest BCUT2D eigenvalue weighted by atomic mass is 16.7. The second kappa shape index (κ2) is 40.4. The van der Waals surface area contributed by atoms with Crippen LogP contribution in [0.4, 0.5) is 0 Å². The van der Waals surface area contributed by atoms with E-state index in [1.165, 1.54) is 51.4 Å². The van der Waals surface area contributed by atoms with Gasteiger partial charge in [-0.05, 0) is 70.6 Å². The van der Waals surface area contributed by atoms with Crippen molar-refractivity contribution in [1.82, 2.24) is 5.32 Å². The van der Waals surface area contributed by atoms with E-state index in [2.05, 4.69) is 104 Å². The Labute approximate surface area is 365 Å². The molecule has 0 aliphatic carbocycles. The van der Waals surface area contributed by atoms with Gasteiger partial charge in [0.25, 0.3) is 0 Å². The van der Waals surface area contributed by atoms with Crippen molar-refractivity contribution in [2.45, 2.75) is 217 Å². The minimum atomic E-state index is -1.56. The molecule has 7 unspecified atom stereocenters. The number of allylic oxidation sites excluding steroid dienone is 14. The minimum Gasteiger partial charge on any atom is -0.394 e. The number of aliphatic hydroxyl groups is 5. The molecule has 1 heterocycles. The Kier molecular flexibility index (Phi) is 37.3. The molecule has 60 heavy (non-hydrogen) atoms. The highest BCUT2D eigenvalue weighted by Gasteiger charge is 2.44. The maximum atomic E-state index is 12.9. The summed E-state index contributed by atoms with van der Waals surface area (Å²) in [6.07, 6.45) is 49.0. The second-order valence-corrected chi connectivity index (χ2v) is 16.2. The molecule has 0 spiro atoms. The van der Waals surface area contributed by atoms with E-state index in [1.807, 2.05) is 0 Å². The third-order valence-electron chi connectivity index (χ3n) is 10.8. The molecular weight excluding hydrogens is 755 g/mol. The van der Waals surface area contributed by atoms with Gasteiger partial charge in [-0.15, -0.1) is 0 Å². The molecule has 0 saturated carbocycles. The molecule has 1 saturated heterocycles. The van der Waals surface area contributed by atoms with Gasteiger partial charge in [0.2, 0.25) is 5.91 Å². The van der Waals surface area contributed by atoms with Crippen LogP contribution in [-0.2, 0) is 14.3 Å². The first-order valence-corrected chi connectivity index (χ1v) is 23.8. The van der Waals surface area contributed by atoms with Gasteiger partial charge in [-0.2, -0.15) is 0 Å². The number of ether oxygens (including phenoxy) is 2. The summed E-state index contributed by atoms with van der Waals surface area (Å²) in [7, 11) is 0. The Hall–Kier alpha value is -2.63. The minimum absolute atomic E-state index is 0.149. The van der Waals surface area contributed by atoms with Gasteiger partial charge in [-0.1, -0.05) is 182 Å². The maximum absolute atomic E-state index is 12.9. The molecule has 1 aliphatic heterocycles. The van der Waals surface area contributed by atoms with E-state index in [-0.39, 0.29) is 12.5 Å². The third kappa shape index (κ3) is 30.4. The molecule has 0 aromatic heterocycles. The average Bonchev–Trinajstić information content (AvgIpc) is 3.25. The van der Waals surface area contributed by atoms with Crippen LogP contribution < -0.4 is 5.32 Å². The number of unbranched alkanes of at least 4 members (excludes halogenated alkanes) is 14. The molecule has 1 fully saturated rings. The Bertz CT molecular complexity index is 1210. The quantitative estimate of drug-likeness (QED) is 0.0266. The number of hydrogen-bond donors (Lipinski definition) is 6. The van der Waals surface area contributed by atoms with E-state index >= 15 is 0 Å². The van der Waals surface area contributed by atoms with Gasteiger partial charge in [0, 0.05) is 6.42 Å². The summed E-state index contributed by atoms with van der Waals surface area (Å²) >= 11 is 0. The summed E-state index contributed by atoms with van der Waals surface area (Å²) in [5.41, 5.74) is 0. The van der Waals surface area contributed by atoms with Crippen molar-refractivity contribution in [3.63, 3.8) is 0 Å². The fraction of sp³-hybridized carbons (Fsp3) is 0.706. The standard InChI is InChI=1S/C51H87NO8/c1-3-5-7-9-11-13-14-15-16-17-18-19-20-21-22-23-24-25-26-27-28-29-30-31-32-33-35-37-39-41-47(55)52-44(45(54)40-38-36-34-12-10-8-6-4-2)43-59-51-50(58)49(57)48(56)46(42-53)60-51/h5,7,11,13,15-16,18-19,21-22,24-25,27-28,44-46,48-51,53-54,56-58H,3-4,6,8-10,12,14,17,20,23,26,29-43H2,1-2H3,(H,52,55)/b7-5-,13-11-,16-15-,19-18-,22-21-,25-24-,28-27-. The highest BCUT2D eigenvalue weighted by Crippen LogP contribution is 2.23.